The molecule has 1 aliphatic rings. The van der Waals surface area contributed by atoms with E-state index in [2.05, 4.69) is 21.1 Å². The molecule has 122 valence electrons. The number of imide groups is 1. The minimum Gasteiger partial charge on any atom is -0.336 e. The van der Waals surface area contributed by atoms with Crippen molar-refractivity contribution in [3.05, 3.63) is 39.8 Å². The lowest BCUT2D eigenvalue weighted by molar-refractivity contribution is 0.198. The van der Waals surface area contributed by atoms with Crippen LogP contribution in [0.25, 0.3) is 0 Å². The molecule has 2 aromatic rings. The highest BCUT2D eigenvalue weighted by molar-refractivity contribution is 7.07. The third-order valence-corrected chi connectivity index (χ3v) is 4.52. The fourth-order valence-corrected chi connectivity index (χ4v) is 3.42. The van der Waals surface area contributed by atoms with Gasteiger partial charge in [-0.25, -0.2) is 14.5 Å². The highest BCUT2D eigenvalue weighted by atomic mass is 32.1. The summed E-state index contributed by atoms with van der Waals surface area (Å²) in [7, 11) is 0. The number of nitrogens with zero attached hydrogens (tertiary/aromatic N) is 3. The number of hydrogen-bond acceptors (Lipinski definition) is 4. The molecule has 4 amide bonds. The van der Waals surface area contributed by atoms with Crippen LogP contribution in [0, 0.1) is 13.8 Å². The number of urea groups is 2. The highest BCUT2D eigenvalue weighted by Crippen LogP contribution is 2.22. The second-order valence-electron chi connectivity index (χ2n) is 5.51. The maximum atomic E-state index is 12.2. The molecule has 0 spiro atoms. The molecule has 1 atom stereocenters. The van der Waals surface area contributed by atoms with Crippen LogP contribution in [-0.4, -0.2) is 46.4 Å². The van der Waals surface area contributed by atoms with Gasteiger partial charge >= 0.3 is 12.1 Å². The van der Waals surface area contributed by atoms with Gasteiger partial charge in [-0.3, -0.25) is 4.68 Å². The normalized spacial score (nSPS) is 15.6. The van der Waals surface area contributed by atoms with Crippen molar-refractivity contribution in [2.24, 2.45) is 0 Å². The van der Waals surface area contributed by atoms with E-state index >= 15 is 0 Å². The van der Waals surface area contributed by atoms with Crippen LogP contribution in [0.3, 0.4) is 0 Å². The van der Waals surface area contributed by atoms with Crippen LogP contribution in [0.2, 0.25) is 0 Å². The SMILES string of the molecule is Cc1cc(C)n([C@@H](CNC(=O)N2CCNC2=O)c2ccsc2)n1. The molecular weight excluding hydrogens is 314 g/mol. The van der Waals surface area contributed by atoms with Crippen molar-refractivity contribution in [1.29, 1.82) is 0 Å². The van der Waals surface area contributed by atoms with Crippen LogP contribution in [0.15, 0.2) is 22.9 Å². The van der Waals surface area contributed by atoms with Crippen molar-refractivity contribution >= 4 is 23.4 Å². The summed E-state index contributed by atoms with van der Waals surface area (Å²) in [6.45, 7) is 5.21. The summed E-state index contributed by atoms with van der Waals surface area (Å²) >= 11 is 1.61. The lowest BCUT2D eigenvalue weighted by atomic mass is 10.1. The predicted molar refractivity (Wildman–Crippen MR) is 87.7 cm³/mol. The van der Waals surface area contributed by atoms with Gasteiger partial charge in [0.05, 0.1) is 11.7 Å². The Morgan fingerprint density at radius 1 is 1.52 bits per heavy atom. The molecule has 3 rings (SSSR count). The molecular formula is C15H19N5O2S. The van der Waals surface area contributed by atoms with E-state index in [0.717, 1.165) is 17.0 Å². The molecule has 0 bridgehead atoms. The summed E-state index contributed by atoms with van der Waals surface area (Å²) < 4.78 is 1.92. The summed E-state index contributed by atoms with van der Waals surface area (Å²) in [5.41, 5.74) is 3.06. The first-order valence-corrected chi connectivity index (χ1v) is 8.38. The quantitative estimate of drug-likeness (QED) is 0.897. The summed E-state index contributed by atoms with van der Waals surface area (Å²) in [5.74, 6) is 0. The number of rotatable bonds is 4. The third-order valence-electron chi connectivity index (χ3n) is 3.82. The van der Waals surface area contributed by atoms with Crippen molar-refractivity contribution in [3.8, 4) is 0 Å². The van der Waals surface area contributed by atoms with E-state index < -0.39 is 0 Å². The van der Waals surface area contributed by atoms with Gasteiger partial charge in [0.1, 0.15) is 0 Å². The maximum absolute atomic E-state index is 12.2. The number of aromatic nitrogens is 2. The predicted octanol–water partition coefficient (Wildman–Crippen LogP) is 1.89. The molecule has 0 saturated carbocycles. The summed E-state index contributed by atoms with van der Waals surface area (Å²) in [4.78, 5) is 24.9. The molecule has 1 saturated heterocycles. The van der Waals surface area contributed by atoms with E-state index in [9.17, 15) is 9.59 Å². The Labute approximate surface area is 138 Å². The smallest absolute Gasteiger partial charge is 0.325 e. The van der Waals surface area contributed by atoms with Crippen LogP contribution < -0.4 is 10.6 Å². The lowest BCUT2D eigenvalue weighted by Crippen LogP contribution is -2.44. The Bertz CT molecular complexity index is 710. The topological polar surface area (TPSA) is 79.3 Å². The second kappa shape index (κ2) is 6.41. The first-order valence-electron chi connectivity index (χ1n) is 7.44. The van der Waals surface area contributed by atoms with E-state index in [0.29, 0.717) is 19.6 Å². The minimum absolute atomic E-state index is 0.0930. The number of amides is 4. The molecule has 1 fully saturated rings. The molecule has 0 unspecified atom stereocenters. The first-order chi connectivity index (χ1) is 11.1. The first kappa shape index (κ1) is 15.5. The van der Waals surface area contributed by atoms with Crippen LogP contribution in [0.5, 0.6) is 0 Å². The molecule has 23 heavy (non-hydrogen) atoms. The Balaban J connectivity index is 1.76. The van der Waals surface area contributed by atoms with E-state index in [-0.39, 0.29) is 18.1 Å². The number of thiophene rings is 1. The zero-order chi connectivity index (χ0) is 16.4. The molecule has 2 aromatic heterocycles. The van der Waals surface area contributed by atoms with Gasteiger partial charge in [-0.2, -0.15) is 16.4 Å². The average Bonchev–Trinajstić information content (AvgIpc) is 3.22. The lowest BCUT2D eigenvalue weighted by Gasteiger charge is -2.21. The standard InChI is InChI=1S/C15H19N5O2S/c1-10-7-11(2)20(18-10)13(12-3-6-23-9-12)8-17-15(22)19-5-4-16-14(19)21/h3,6-7,9,13H,4-5,8H2,1-2H3,(H,16,21)(H,17,22)/t13-/m0/s1. The number of hydrogen-bond donors (Lipinski definition) is 2. The van der Waals surface area contributed by atoms with Gasteiger partial charge in [-0.05, 0) is 42.3 Å². The Morgan fingerprint density at radius 3 is 2.91 bits per heavy atom. The fraction of sp³-hybridized carbons (Fsp3) is 0.400. The summed E-state index contributed by atoms with van der Waals surface area (Å²) in [6, 6.07) is 3.22. The van der Waals surface area contributed by atoms with Crippen LogP contribution >= 0.6 is 11.3 Å². The fourth-order valence-electron chi connectivity index (χ4n) is 2.72. The minimum atomic E-state index is -0.373. The van der Waals surface area contributed by atoms with Gasteiger partial charge in [0.15, 0.2) is 0 Å². The molecule has 0 aliphatic carbocycles. The zero-order valence-corrected chi connectivity index (χ0v) is 13.9. The Hall–Kier alpha value is -2.35. The monoisotopic (exact) mass is 333 g/mol. The van der Waals surface area contributed by atoms with Gasteiger partial charge in [0, 0.05) is 25.3 Å². The van der Waals surface area contributed by atoms with Gasteiger partial charge in [0.25, 0.3) is 0 Å². The van der Waals surface area contributed by atoms with Crippen molar-refractivity contribution in [3.63, 3.8) is 0 Å². The number of carbonyl (C=O) groups excluding carboxylic acids is 2. The average molecular weight is 333 g/mol. The molecule has 3 heterocycles. The molecule has 1 aliphatic heterocycles. The molecule has 0 radical (unpaired) electrons. The molecule has 7 nitrogen and oxygen atoms in total. The van der Waals surface area contributed by atoms with Crippen LogP contribution in [0.4, 0.5) is 9.59 Å². The van der Waals surface area contributed by atoms with E-state index in [1.165, 1.54) is 4.90 Å². The number of nitrogens with one attached hydrogen (secondary N) is 2. The summed E-state index contributed by atoms with van der Waals surface area (Å²) in [6.07, 6.45) is 0. The third kappa shape index (κ3) is 3.21. The molecule has 0 aromatic carbocycles. The Morgan fingerprint density at radius 2 is 2.35 bits per heavy atom. The molecule has 8 heteroatoms. The summed E-state index contributed by atoms with van der Waals surface area (Å²) in [5, 5.41) is 14.1. The highest BCUT2D eigenvalue weighted by Gasteiger charge is 2.27. The van der Waals surface area contributed by atoms with E-state index in [4.69, 9.17) is 0 Å². The van der Waals surface area contributed by atoms with Gasteiger partial charge in [0.2, 0.25) is 0 Å². The van der Waals surface area contributed by atoms with Crippen molar-refractivity contribution in [2.45, 2.75) is 19.9 Å². The zero-order valence-electron chi connectivity index (χ0n) is 13.1. The van der Waals surface area contributed by atoms with E-state index in [1.54, 1.807) is 11.3 Å². The van der Waals surface area contributed by atoms with Crippen molar-refractivity contribution in [1.82, 2.24) is 25.3 Å². The Kier molecular flexibility index (Phi) is 4.33. The number of aryl methyl sites for hydroxylation is 2. The van der Waals surface area contributed by atoms with Crippen molar-refractivity contribution in [2.75, 3.05) is 19.6 Å². The van der Waals surface area contributed by atoms with Crippen molar-refractivity contribution < 1.29 is 9.59 Å². The van der Waals surface area contributed by atoms with E-state index in [1.807, 2.05) is 36.0 Å². The van der Waals surface area contributed by atoms with Crippen LogP contribution in [0.1, 0.15) is 23.0 Å². The van der Waals surface area contributed by atoms with Gasteiger partial charge in [-0.15, -0.1) is 0 Å². The molecule has 2 N–H and O–H groups in total. The maximum Gasteiger partial charge on any atom is 0.325 e. The van der Waals surface area contributed by atoms with Crippen LogP contribution in [-0.2, 0) is 0 Å². The van der Waals surface area contributed by atoms with Gasteiger partial charge in [-0.1, -0.05) is 0 Å². The largest absolute Gasteiger partial charge is 0.336 e. The second-order valence-corrected chi connectivity index (χ2v) is 6.29. The van der Waals surface area contributed by atoms with Gasteiger partial charge < -0.3 is 10.6 Å². The number of carbonyl (C=O) groups is 2.